The van der Waals surface area contributed by atoms with Gasteiger partial charge in [0.05, 0.1) is 0 Å². The molecular weight excluding hydrogens is 584 g/mol. The number of hydrogen-bond donors (Lipinski definition) is 0. The minimum atomic E-state index is -2.74. The predicted octanol–water partition coefficient (Wildman–Crippen LogP) is 11.5. The van der Waals surface area contributed by atoms with Gasteiger partial charge in [-0.1, -0.05) is 0 Å². The summed E-state index contributed by atoms with van der Waals surface area (Å²) in [6.07, 6.45) is 2.58. The molecule has 1 aliphatic heterocycles. The Hall–Kier alpha value is -3.54. The molecule has 1 unspecified atom stereocenters. The molecule has 0 radical (unpaired) electrons. The van der Waals surface area contributed by atoms with Gasteiger partial charge in [-0.15, -0.1) is 0 Å². The summed E-state index contributed by atoms with van der Waals surface area (Å²) in [5.74, 6) is 0. The molecule has 0 spiro atoms. The zero-order valence-electron chi connectivity index (χ0n) is 24.5. The fourth-order valence-electron chi connectivity index (χ4n) is 8.84. The quantitative estimate of drug-likeness (QED) is 0.173. The first-order valence-electron chi connectivity index (χ1n) is 15.5. The van der Waals surface area contributed by atoms with E-state index in [1.54, 1.807) is 22.3 Å². The van der Waals surface area contributed by atoms with Crippen LogP contribution in [0.5, 0.6) is 0 Å². The molecule has 3 aliphatic rings. The number of fused-ring (bicyclic) bond motifs is 7. The molecule has 0 nitrogen and oxygen atoms in total. The SMILES string of the molecule is CC1=Cc2c(-c3cc4ccccc4c4ccccc34)cccc2[CH]1[Zr]1([CH]2c3cc(C)ccc3-c3ccc(C)cc32)[CH2][CH2]1. The molecule has 6 aromatic rings. The van der Waals surface area contributed by atoms with Crippen LogP contribution < -0.4 is 0 Å². The number of hydrogen-bond acceptors (Lipinski definition) is 0. The Morgan fingerprint density at radius 2 is 1.14 bits per heavy atom. The predicted molar refractivity (Wildman–Crippen MR) is 176 cm³/mol. The monoisotopic (exact) mass is 616 g/mol. The standard InChI is InChI=1S/C24H17.C15H13.C2H4.Zr/c1-16-13-17-8-6-12-22(23(17)14-16)24-15-18-7-2-3-9-19(18)20-10-4-5-11-21(20)24;1-10-3-5-14-12(7-10)9-13-8-11(2)4-6-15(13)14;1-2;/h2-15H,1H3;3-9H,1-2H3;1-2H2;. The molecule has 0 bridgehead atoms. The first kappa shape index (κ1) is 25.0. The van der Waals surface area contributed by atoms with E-state index in [4.69, 9.17) is 0 Å². The van der Waals surface area contributed by atoms with Crippen LogP contribution >= 0.6 is 0 Å². The van der Waals surface area contributed by atoms with Crippen molar-refractivity contribution in [3.05, 3.63) is 148 Å². The van der Waals surface area contributed by atoms with Crippen LogP contribution in [-0.2, 0) is 20.3 Å². The maximum atomic E-state index is 2.58. The third-order valence-corrected chi connectivity index (χ3v) is 23.8. The van der Waals surface area contributed by atoms with E-state index in [1.807, 2.05) is 0 Å². The average molecular weight is 618 g/mol. The van der Waals surface area contributed by atoms with Crippen molar-refractivity contribution in [3.63, 3.8) is 0 Å². The van der Waals surface area contributed by atoms with E-state index in [0.29, 0.717) is 7.25 Å². The molecule has 1 saturated heterocycles. The molecule has 202 valence electrons. The Bertz CT molecular complexity index is 2090. The van der Waals surface area contributed by atoms with Gasteiger partial charge in [0.2, 0.25) is 0 Å². The number of aryl methyl sites for hydroxylation is 2. The van der Waals surface area contributed by atoms with E-state index in [1.165, 1.54) is 68.7 Å². The van der Waals surface area contributed by atoms with Crippen LogP contribution in [-0.4, -0.2) is 0 Å². The van der Waals surface area contributed by atoms with Crippen molar-refractivity contribution in [2.45, 2.75) is 36.3 Å². The van der Waals surface area contributed by atoms with Crippen molar-refractivity contribution >= 4 is 27.6 Å². The molecule has 42 heavy (non-hydrogen) atoms. The van der Waals surface area contributed by atoms with Gasteiger partial charge in [0, 0.05) is 0 Å². The van der Waals surface area contributed by atoms with Crippen LogP contribution in [0.3, 0.4) is 0 Å². The van der Waals surface area contributed by atoms with E-state index < -0.39 is 20.3 Å². The van der Waals surface area contributed by atoms with Crippen LogP contribution in [0.2, 0.25) is 8.26 Å². The van der Waals surface area contributed by atoms with Crippen LogP contribution in [0.25, 0.3) is 49.9 Å². The van der Waals surface area contributed by atoms with Crippen LogP contribution in [0.4, 0.5) is 0 Å². The summed E-state index contributed by atoms with van der Waals surface area (Å²) in [6.45, 7) is 7.00. The molecule has 6 aromatic carbocycles. The second kappa shape index (κ2) is 8.98. The summed E-state index contributed by atoms with van der Waals surface area (Å²) < 4.78 is 4.26. The summed E-state index contributed by atoms with van der Waals surface area (Å²) in [4.78, 5) is 0. The Morgan fingerprint density at radius 1 is 0.500 bits per heavy atom. The van der Waals surface area contributed by atoms with Crippen molar-refractivity contribution < 1.29 is 20.3 Å². The van der Waals surface area contributed by atoms with E-state index >= 15 is 0 Å². The summed E-state index contributed by atoms with van der Waals surface area (Å²) >= 11 is -2.74. The zero-order valence-corrected chi connectivity index (χ0v) is 27.0. The van der Waals surface area contributed by atoms with Gasteiger partial charge in [0.25, 0.3) is 0 Å². The van der Waals surface area contributed by atoms with Gasteiger partial charge in [-0.3, -0.25) is 0 Å². The molecule has 2 aliphatic carbocycles. The summed E-state index contributed by atoms with van der Waals surface area (Å²) in [6, 6.07) is 42.0. The van der Waals surface area contributed by atoms with Crippen molar-refractivity contribution in [3.8, 4) is 22.3 Å². The number of rotatable bonds is 3. The second-order valence-corrected chi connectivity index (χ2v) is 24.5. The van der Waals surface area contributed by atoms with Gasteiger partial charge in [0.15, 0.2) is 0 Å². The Balaban J connectivity index is 1.24. The number of benzene rings is 6. The molecule has 9 rings (SSSR count). The Morgan fingerprint density at radius 3 is 1.83 bits per heavy atom. The molecule has 0 N–H and O–H groups in total. The fourth-order valence-corrected chi connectivity index (χ4v) is 26.2. The van der Waals surface area contributed by atoms with E-state index in [2.05, 4.69) is 136 Å². The van der Waals surface area contributed by atoms with Gasteiger partial charge in [-0.2, -0.15) is 0 Å². The molecule has 0 aromatic heterocycles. The van der Waals surface area contributed by atoms with Crippen molar-refractivity contribution in [1.82, 2.24) is 0 Å². The van der Waals surface area contributed by atoms with Gasteiger partial charge in [-0.05, 0) is 0 Å². The maximum absolute atomic E-state index is 2.74. The second-order valence-electron chi connectivity index (χ2n) is 13.2. The van der Waals surface area contributed by atoms with E-state index in [0.717, 1.165) is 0 Å². The molecule has 1 fully saturated rings. The molecule has 0 saturated carbocycles. The van der Waals surface area contributed by atoms with Gasteiger partial charge < -0.3 is 0 Å². The first-order valence-corrected chi connectivity index (χ1v) is 21.8. The molecule has 1 atom stereocenters. The van der Waals surface area contributed by atoms with Gasteiger partial charge >= 0.3 is 255 Å². The zero-order chi connectivity index (χ0) is 28.2. The molecule has 1 heteroatoms. The van der Waals surface area contributed by atoms with Crippen molar-refractivity contribution in [2.75, 3.05) is 0 Å². The third-order valence-electron chi connectivity index (χ3n) is 10.6. The molecule has 0 amide bonds. The third kappa shape index (κ3) is 3.44. The molecular formula is C41H34Zr. The normalized spacial score (nSPS) is 18.2. The van der Waals surface area contributed by atoms with E-state index in [-0.39, 0.29) is 0 Å². The fraction of sp³-hybridized carbons (Fsp3) is 0.171. The first-order chi connectivity index (χ1) is 20.5. The van der Waals surface area contributed by atoms with Crippen molar-refractivity contribution in [2.24, 2.45) is 0 Å². The van der Waals surface area contributed by atoms with E-state index in [9.17, 15) is 0 Å². The Labute approximate surface area is 253 Å². The van der Waals surface area contributed by atoms with Gasteiger partial charge in [-0.25, -0.2) is 0 Å². The average Bonchev–Trinajstić information content (AvgIpc) is 3.61. The number of allylic oxidation sites excluding steroid dienone is 1. The van der Waals surface area contributed by atoms with Crippen molar-refractivity contribution in [1.29, 1.82) is 0 Å². The summed E-state index contributed by atoms with van der Waals surface area (Å²) in [7, 11) is 0. The van der Waals surface area contributed by atoms with Crippen LogP contribution in [0, 0.1) is 13.8 Å². The Kier molecular flexibility index (Phi) is 5.35. The van der Waals surface area contributed by atoms with Crippen LogP contribution in [0.15, 0.2) is 115 Å². The van der Waals surface area contributed by atoms with Crippen LogP contribution in [0.1, 0.15) is 47.6 Å². The summed E-state index contributed by atoms with van der Waals surface area (Å²) in [5.41, 5.74) is 16.6. The minimum absolute atomic E-state index is 0.644. The molecule has 1 heterocycles. The summed E-state index contributed by atoms with van der Waals surface area (Å²) in [5, 5.41) is 5.36. The topological polar surface area (TPSA) is 0 Å². The van der Waals surface area contributed by atoms with Gasteiger partial charge in [0.1, 0.15) is 0 Å².